The third-order valence-corrected chi connectivity index (χ3v) is 4.04. The number of aromatic nitrogens is 1. The molecule has 1 aromatic heterocycles. The molecule has 0 radical (unpaired) electrons. The average Bonchev–Trinajstić information content (AvgIpc) is 3.06. The van der Waals surface area contributed by atoms with Crippen molar-refractivity contribution < 1.29 is 9.26 Å². The van der Waals surface area contributed by atoms with E-state index in [9.17, 15) is 0 Å². The average molecular weight is 293 g/mol. The first-order valence-electron chi connectivity index (χ1n) is 7.79. The van der Waals surface area contributed by atoms with Gasteiger partial charge < -0.3 is 19.5 Å². The Hall–Kier alpha value is -1.33. The topological polar surface area (TPSA) is 50.5 Å². The third kappa shape index (κ3) is 4.08. The summed E-state index contributed by atoms with van der Waals surface area (Å²) in [5.41, 5.74) is 2.14. The van der Waals surface area contributed by atoms with Crippen molar-refractivity contribution in [2.45, 2.75) is 45.8 Å². The molecule has 0 aromatic carbocycles. The Morgan fingerprint density at radius 3 is 3.00 bits per heavy atom. The number of ether oxygens (including phenoxy) is 1. The maximum absolute atomic E-state index is 5.72. The first kappa shape index (κ1) is 16.0. The van der Waals surface area contributed by atoms with Gasteiger partial charge in [0.25, 0.3) is 0 Å². The zero-order valence-electron chi connectivity index (χ0n) is 13.4. The van der Waals surface area contributed by atoms with Crippen LogP contribution in [0, 0.1) is 13.8 Å². The van der Waals surface area contributed by atoms with E-state index in [4.69, 9.17) is 9.26 Å². The van der Waals surface area contributed by atoms with Crippen LogP contribution in [0.5, 0.6) is 0 Å². The van der Waals surface area contributed by atoms with Gasteiger partial charge in [0.1, 0.15) is 11.4 Å². The predicted molar refractivity (Wildman–Crippen MR) is 84.8 cm³/mol. The third-order valence-electron chi connectivity index (χ3n) is 4.04. The van der Waals surface area contributed by atoms with E-state index in [0.717, 1.165) is 49.6 Å². The molecule has 5 heteroatoms. The molecule has 2 atom stereocenters. The fourth-order valence-electron chi connectivity index (χ4n) is 2.88. The largest absolute Gasteiger partial charge is 0.373 e. The first-order valence-corrected chi connectivity index (χ1v) is 7.79. The molecule has 2 heterocycles. The van der Waals surface area contributed by atoms with Crippen molar-refractivity contribution in [1.82, 2.24) is 10.5 Å². The van der Waals surface area contributed by atoms with E-state index in [1.165, 1.54) is 0 Å². The Bertz CT molecular complexity index is 439. The van der Waals surface area contributed by atoms with Gasteiger partial charge in [-0.05, 0) is 26.7 Å². The summed E-state index contributed by atoms with van der Waals surface area (Å²) < 4.78 is 11.0. The number of anilines is 1. The van der Waals surface area contributed by atoms with E-state index < -0.39 is 0 Å². The van der Waals surface area contributed by atoms with Crippen LogP contribution in [0.2, 0.25) is 0 Å². The molecule has 1 N–H and O–H groups in total. The van der Waals surface area contributed by atoms with Crippen LogP contribution in [-0.2, 0) is 4.74 Å². The van der Waals surface area contributed by atoms with E-state index in [1.54, 1.807) is 6.08 Å². The van der Waals surface area contributed by atoms with E-state index in [2.05, 4.69) is 28.9 Å². The molecule has 1 saturated heterocycles. The van der Waals surface area contributed by atoms with Crippen LogP contribution in [0.1, 0.15) is 31.2 Å². The van der Waals surface area contributed by atoms with Gasteiger partial charge in [-0.3, -0.25) is 0 Å². The quantitative estimate of drug-likeness (QED) is 0.746. The number of rotatable bonds is 8. The maximum atomic E-state index is 5.72. The van der Waals surface area contributed by atoms with Crippen LogP contribution >= 0.6 is 0 Å². The van der Waals surface area contributed by atoms with Crippen molar-refractivity contribution in [3.8, 4) is 0 Å². The summed E-state index contributed by atoms with van der Waals surface area (Å²) in [4.78, 5) is 2.37. The molecule has 0 spiro atoms. The summed E-state index contributed by atoms with van der Waals surface area (Å²) >= 11 is 0. The Morgan fingerprint density at radius 1 is 1.57 bits per heavy atom. The zero-order valence-corrected chi connectivity index (χ0v) is 13.4. The summed E-state index contributed by atoms with van der Waals surface area (Å²) in [6.45, 7) is 13.4. The number of nitrogens with zero attached hydrogens (tertiary/aromatic N) is 2. The SMILES string of the molecule is C=CCOC(CC)CNC1CCN(c2c(C)noc2C)C1. The molecule has 0 bridgehead atoms. The minimum atomic E-state index is 0.260. The minimum absolute atomic E-state index is 0.260. The molecule has 5 nitrogen and oxygen atoms in total. The molecule has 1 aromatic rings. The Balaban J connectivity index is 1.81. The molecule has 2 unspecified atom stereocenters. The molecule has 0 saturated carbocycles. The van der Waals surface area contributed by atoms with E-state index >= 15 is 0 Å². The van der Waals surface area contributed by atoms with Gasteiger partial charge in [-0.1, -0.05) is 18.2 Å². The summed E-state index contributed by atoms with van der Waals surface area (Å²) in [7, 11) is 0. The van der Waals surface area contributed by atoms with Gasteiger partial charge in [-0.25, -0.2) is 0 Å². The highest BCUT2D eigenvalue weighted by Gasteiger charge is 2.26. The molecule has 0 amide bonds. The van der Waals surface area contributed by atoms with Gasteiger partial charge in [0, 0.05) is 25.7 Å². The van der Waals surface area contributed by atoms with Gasteiger partial charge in [0.05, 0.1) is 12.7 Å². The molecule has 118 valence electrons. The van der Waals surface area contributed by atoms with E-state index in [1.807, 2.05) is 13.8 Å². The fourth-order valence-corrected chi connectivity index (χ4v) is 2.88. The normalized spacial score (nSPS) is 20.0. The van der Waals surface area contributed by atoms with Crippen molar-refractivity contribution >= 4 is 5.69 Å². The summed E-state index contributed by atoms with van der Waals surface area (Å²) in [6.07, 6.45) is 4.22. The van der Waals surface area contributed by atoms with Crippen molar-refractivity contribution in [1.29, 1.82) is 0 Å². The summed E-state index contributed by atoms with van der Waals surface area (Å²) in [5.74, 6) is 0.911. The van der Waals surface area contributed by atoms with Gasteiger partial charge in [-0.15, -0.1) is 6.58 Å². The molecule has 21 heavy (non-hydrogen) atoms. The predicted octanol–water partition coefficient (Wildman–Crippen LogP) is 2.44. The van der Waals surface area contributed by atoms with Crippen LogP contribution in [0.4, 0.5) is 5.69 Å². The number of hydrogen-bond acceptors (Lipinski definition) is 5. The van der Waals surface area contributed by atoms with E-state index in [-0.39, 0.29) is 6.10 Å². The standard InChI is InChI=1S/C16H27N3O2/c1-5-9-20-15(6-2)10-17-14-7-8-19(11-14)16-12(3)18-21-13(16)4/h5,14-15,17H,1,6-11H2,2-4H3. The highest BCUT2D eigenvalue weighted by atomic mass is 16.5. The van der Waals surface area contributed by atoms with Crippen molar-refractivity contribution in [2.24, 2.45) is 0 Å². The molecule has 2 rings (SSSR count). The smallest absolute Gasteiger partial charge is 0.157 e. The second kappa shape index (κ2) is 7.61. The number of hydrogen-bond donors (Lipinski definition) is 1. The molecular formula is C16H27N3O2. The lowest BCUT2D eigenvalue weighted by atomic mass is 10.2. The highest BCUT2D eigenvalue weighted by molar-refractivity contribution is 5.53. The monoisotopic (exact) mass is 293 g/mol. The van der Waals surface area contributed by atoms with Gasteiger partial charge in [0.2, 0.25) is 0 Å². The first-order chi connectivity index (χ1) is 10.2. The fraction of sp³-hybridized carbons (Fsp3) is 0.688. The van der Waals surface area contributed by atoms with E-state index in [0.29, 0.717) is 12.6 Å². The van der Waals surface area contributed by atoms with Gasteiger partial charge >= 0.3 is 0 Å². The molecule has 0 aliphatic carbocycles. The number of aryl methyl sites for hydroxylation is 2. The van der Waals surface area contributed by atoms with Crippen LogP contribution in [0.15, 0.2) is 17.2 Å². The highest BCUT2D eigenvalue weighted by Crippen LogP contribution is 2.27. The zero-order chi connectivity index (χ0) is 15.2. The van der Waals surface area contributed by atoms with Crippen LogP contribution in [0.25, 0.3) is 0 Å². The maximum Gasteiger partial charge on any atom is 0.157 e. The number of nitrogens with one attached hydrogen (secondary N) is 1. The Morgan fingerprint density at radius 2 is 2.38 bits per heavy atom. The second-order valence-electron chi connectivity index (χ2n) is 5.66. The van der Waals surface area contributed by atoms with Crippen molar-refractivity contribution in [3.63, 3.8) is 0 Å². The Kier molecular flexibility index (Phi) is 5.82. The Labute approximate surface area is 127 Å². The molecule has 1 fully saturated rings. The molecule has 1 aliphatic heterocycles. The van der Waals surface area contributed by atoms with Crippen molar-refractivity contribution in [2.75, 3.05) is 31.1 Å². The van der Waals surface area contributed by atoms with Gasteiger partial charge in [-0.2, -0.15) is 0 Å². The van der Waals surface area contributed by atoms with Crippen LogP contribution in [-0.4, -0.2) is 43.5 Å². The molecule has 1 aliphatic rings. The van der Waals surface area contributed by atoms with Crippen molar-refractivity contribution in [3.05, 3.63) is 24.1 Å². The van der Waals surface area contributed by atoms with Gasteiger partial charge in [0.15, 0.2) is 5.76 Å². The lowest BCUT2D eigenvalue weighted by molar-refractivity contribution is 0.0695. The minimum Gasteiger partial charge on any atom is -0.373 e. The van der Waals surface area contributed by atoms with Crippen LogP contribution < -0.4 is 10.2 Å². The lowest BCUT2D eigenvalue weighted by Crippen LogP contribution is -2.38. The lowest BCUT2D eigenvalue weighted by Gasteiger charge is -2.21. The summed E-state index contributed by atoms with van der Waals surface area (Å²) in [6, 6.07) is 0.500. The summed E-state index contributed by atoms with van der Waals surface area (Å²) in [5, 5.41) is 7.66. The second-order valence-corrected chi connectivity index (χ2v) is 5.66. The van der Waals surface area contributed by atoms with Crippen LogP contribution in [0.3, 0.4) is 0 Å². The molecular weight excluding hydrogens is 266 g/mol.